The molecule has 0 fully saturated rings. The quantitative estimate of drug-likeness (QED) is 0.883. The maximum atomic E-state index is 11.1. The highest BCUT2D eigenvalue weighted by molar-refractivity contribution is 5.94. The number of hydrogen-bond acceptors (Lipinski definition) is 4. The van der Waals surface area contributed by atoms with E-state index >= 15 is 0 Å². The van der Waals surface area contributed by atoms with Crippen LogP contribution in [0.1, 0.15) is 21.5 Å². The van der Waals surface area contributed by atoms with E-state index in [2.05, 4.69) is 10.3 Å². The number of aromatic carboxylic acids is 1. The second-order valence-corrected chi connectivity index (χ2v) is 4.33. The van der Waals surface area contributed by atoms with Crippen LogP contribution in [0.25, 0.3) is 0 Å². The molecule has 2 heterocycles. The van der Waals surface area contributed by atoms with Crippen molar-refractivity contribution in [2.45, 2.75) is 13.2 Å². The number of carboxylic acid groups (broad SMARTS) is 1. The summed E-state index contributed by atoms with van der Waals surface area (Å²) in [7, 11) is 0. The minimum atomic E-state index is -1.000. The zero-order chi connectivity index (χ0) is 13.2. The molecule has 19 heavy (non-hydrogen) atoms. The second kappa shape index (κ2) is 4.70. The van der Waals surface area contributed by atoms with Crippen LogP contribution in [-0.4, -0.2) is 16.1 Å². The van der Waals surface area contributed by atoms with E-state index < -0.39 is 5.97 Å². The summed E-state index contributed by atoms with van der Waals surface area (Å²) in [6, 6.07) is 7.54. The third-order valence-corrected chi connectivity index (χ3v) is 3.05. The molecule has 5 nitrogen and oxygen atoms in total. The molecule has 5 heteroatoms. The minimum Gasteiger partial charge on any atom is -0.478 e. The Morgan fingerprint density at radius 3 is 2.95 bits per heavy atom. The van der Waals surface area contributed by atoms with Crippen LogP contribution in [0.4, 0.5) is 11.4 Å². The molecule has 2 N–H and O–H groups in total. The monoisotopic (exact) mass is 256 g/mol. The van der Waals surface area contributed by atoms with Crippen molar-refractivity contribution in [3.8, 4) is 0 Å². The minimum absolute atomic E-state index is 0.152. The average molecular weight is 256 g/mol. The molecule has 0 amide bonds. The average Bonchev–Trinajstić information content (AvgIpc) is 2.86. The van der Waals surface area contributed by atoms with Gasteiger partial charge in [0.25, 0.3) is 0 Å². The summed E-state index contributed by atoms with van der Waals surface area (Å²) in [4.78, 5) is 14.9. The number of rotatable bonds is 3. The largest absolute Gasteiger partial charge is 0.478 e. The number of benzene rings is 1. The van der Waals surface area contributed by atoms with Gasteiger partial charge in [-0.1, -0.05) is 6.07 Å². The van der Waals surface area contributed by atoms with Crippen LogP contribution >= 0.6 is 0 Å². The van der Waals surface area contributed by atoms with Gasteiger partial charge in [0.15, 0.2) is 0 Å². The van der Waals surface area contributed by atoms with Gasteiger partial charge in [-0.05, 0) is 29.3 Å². The predicted molar refractivity (Wildman–Crippen MR) is 69.4 cm³/mol. The highest BCUT2D eigenvalue weighted by Crippen LogP contribution is 2.26. The third kappa shape index (κ3) is 2.28. The smallest absolute Gasteiger partial charge is 0.339 e. The Morgan fingerprint density at radius 2 is 2.11 bits per heavy atom. The Labute approximate surface area is 109 Å². The number of nitrogens with one attached hydrogen (secondary N) is 1. The first-order valence-electron chi connectivity index (χ1n) is 5.88. The van der Waals surface area contributed by atoms with E-state index in [1.165, 1.54) is 11.8 Å². The normalized spacial score (nSPS) is 13.1. The van der Waals surface area contributed by atoms with Crippen LogP contribution in [-0.2, 0) is 18.0 Å². The summed E-state index contributed by atoms with van der Waals surface area (Å²) in [6.07, 6.45) is 2.90. The lowest BCUT2D eigenvalue weighted by Gasteiger charge is -2.10. The Bertz CT molecular complexity index is 640. The summed E-state index contributed by atoms with van der Waals surface area (Å²) in [5, 5.41) is 12.2. The summed E-state index contributed by atoms with van der Waals surface area (Å²) < 4.78 is 5.35. The first kappa shape index (κ1) is 11.7. The van der Waals surface area contributed by atoms with E-state index in [0.717, 1.165) is 11.3 Å². The van der Waals surface area contributed by atoms with Crippen molar-refractivity contribution in [1.29, 1.82) is 0 Å². The summed E-state index contributed by atoms with van der Waals surface area (Å²) >= 11 is 0. The van der Waals surface area contributed by atoms with Gasteiger partial charge in [-0.15, -0.1) is 0 Å². The topological polar surface area (TPSA) is 71.5 Å². The number of fused-ring (bicyclic) bond motifs is 1. The van der Waals surface area contributed by atoms with E-state index in [-0.39, 0.29) is 5.56 Å². The first-order valence-corrected chi connectivity index (χ1v) is 5.88. The maximum absolute atomic E-state index is 11.1. The van der Waals surface area contributed by atoms with E-state index in [9.17, 15) is 4.79 Å². The van der Waals surface area contributed by atoms with Crippen LogP contribution in [0, 0.1) is 0 Å². The molecule has 0 bridgehead atoms. The molecule has 0 aliphatic carbocycles. The van der Waals surface area contributed by atoms with Gasteiger partial charge in [0, 0.05) is 18.1 Å². The van der Waals surface area contributed by atoms with Gasteiger partial charge >= 0.3 is 5.97 Å². The highest BCUT2D eigenvalue weighted by atomic mass is 16.5. The zero-order valence-corrected chi connectivity index (χ0v) is 10.1. The van der Waals surface area contributed by atoms with Crippen LogP contribution in [0.5, 0.6) is 0 Å². The SMILES string of the molecule is O=C(O)c1cnccc1Nc1ccc2c(c1)COC2. The van der Waals surface area contributed by atoms with Crippen molar-refractivity contribution < 1.29 is 14.6 Å². The van der Waals surface area contributed by atoms with Gasteiger partial charge in [-0.2, -0.15) is 0 Å². The molecule has 0 saturated carbocycles. The van der Waals surface area contributed by atoms with Crippen LogP contribution in [0.3, 0.4) is 0 Å². The molecule has 1 aromatic carbocycles. The molecule has 0 spiro atoms. The molecular formula is C14H12N2O3. The zero-order valence-electron chi connectivity index (χ0n) is 10.1. The third-order valence-electron chi connectivity index (χ3n) is 3.05. The fourth-order valence-electron chi connectivity index (χ4n) is 2.08. The number of anilines is 2. The number of carbonyl (C=O) groups is 1. The van der Waals surface area contributed by atoms with Gasteiger partial charge in [0.2, 0.25) is 0 Å². The van der Waals surface area contributed by atoms with E-state index in [4.69, 9.17) is 9.84 Å². The van der Waals surface area contributed by atoms with Gasteiger partial charge in [0.1, 0.15) is 5.56 Å². The lowest BCUT2D eigenvalue weighted by atomic mass is 10.1. The van der Waals surface area contributed by atoms with Crippen molar-refractivity contribution >= 4 is 17.3 Å². The molecule has 1 aliphatic heterocycles. The fourth-order valence-corrected chi connectivity index (χ4v) is 2.08. The van der Waals surface area contributed by atoms with E-state index in [1.807, 2.05) is 18.2 Å². The lowest BCUT2D eigenvalue weighted by Crippen LogP contribution is -2.03. The van der Waals surface area contributed by atoms with Gasteiger partial charge in [0.05, 0.1) is 18.9 Å². The Hall–Kier alpha value is -2.40. The van der Waals surface area contributed by atoms with Gasteiger partial charge in [-0.25, -0.2) is 4.79 Å². The van der Waals surface area contributed by atoms with Crippen molar-refractivity contribution in [1.82, 2.24) is 4.98 Å². The summed E-state index contributed by atoms with van der Waals surface area (Å²) in [5.41, 5.74) is 3.84. The Kier molecular flexibility index (Phi) is 2.89. The molecule has 0 atom stereocenters. The highest BCUT2D eigenvalue weighted by Gasteiger charge is 2.13. The van der Waals surface area contributed by atoms with Crippen molar-refractivity contribution in [2.75, 3.05) is 5.32 Å². The number of aromatic nitrogens is 1. The van der Waals surface area contributed by atoms with Crippen molar-refractivity contribution in [2.24, 2.45) is 0 Å². The van der Waals surface area contributed by atoms with E-state index in [0.29, 0.717) is 18.9 Å². The molecule has 0 unspecified atom stereocenters. The number of ether oxygens (including phenoxy) is 1. The number of nitrogens with zero attached hydrogens (tertiary/aromatic N) is 1. The van der Waals surface area contributed by atoms with Crippen molar-refractivity contribution in [3.63, 3.8) is 0 Å². The molecule has 3 rings (SSSR count). The predicted octanol–water partition coefficient (Wildman–Crippen LogP) is 2.55. The summed E-state index contributed by atoms with van der Waals surface area (Å²) in [5.74, 6) is -1.000. The number of hydrogen-bond donors (Lipinski definition) is 2. The van der Waals surface area contributed by atoms with Crippen LogP contribution in [0.15, 0.2) is 36.7 Å². The van der Waals surface area contributed by atoms with Crippen LogP contribution in [0.2, 0.25) is 0 Å². The fraction of sp³-hybridized carbons (Fsp3) is 0.143. The Balaban J connectivity index is 1.91. The molecule has 0 saturated heterocycles. The molecule has 0 radical (unpaired) electrons. The second-order valence-electron chi connectivity index (χ2n) is 4.33. The number of carboxylic acids is 1. The Morgan fingerprint density at radius 1 is 1.26 bits per heavy atom. The molecule has 2 aromatic rings. The maximum Gasteiger partial charge on any atom is 0.339 e. The summed E-state index contributed by atoms with van der Waals surface area (Å²) in [6.45, 7) is 1.25. The van der Waals surface area contributed by atoms with Crippen molar-refractivity contribution in [3.05, 3.63) is 53.3 Å². The van der Waals surface area contributed by atoms with Gasteiger partial charge < -0.3 is 15.2 Å². The standard InChI is InChI=1S/C14H12N2O3/c17-14(18)12-6-15-4-3-13(12)16-11-2-1-9-7-19-8-10(9)5-11/h1-6H,7-8H2,(H,15,16)(H,17,18). The molecule has 96 valence electrons. The van der Waals surface area contributed by atoms with Gasteiger partial charge in [-0.3, -0.25) is 4.98 Å². The first-order chi connectivity index (χ1) is 9.24. The lowest BCUT2D eigenvalue weighted by molar-refractivity contribution is 0.0697. The van der Waals surface area contributed by atoms with Crippen LogP contribution < -0.4 is 5.32 Å². The molecular weight excluding hydrogens is 244 g/mol. The molecule has 1 aromatic heterocycles. The van der Waals surface area contributed by atoms with E-state index in [1.54, 1.807) is 12.3 Å². The molecule has 1 aliphatic rings. The number of pyridine rings is 1.